The first-order valence-electron chi connectivity index (χ1n) is 6.90. The van der Waals surface area contributed by atoms with Gasteiger partial charge in [0.15, 0.2) is 6.04 Å². The van der Waals surface area contributed by atoms with Crippen molar-refractivity contribution in [3.05, 3.63) is 71.3 Å². The minimum Gasteiger partial charge on any atom is -0.467 e. The normalized spacial score (nSPS) is 12.3. The molecule has 21 heavy (non-hydrogen) atoms. The molecule has 0 heterocycles. The van der Waals surface area contributed by atoms with E-state index < -0.39 is 6.04 Å². The summed E-state index contributed by atoms with van der Waals surface area (Å²) in [4.78, 5) is 16.2. The van der Waals surface area contributed by atoms with Crippen molar-refractivity contribution >= 4 is 12.2 Å². The molecule has 2 rings (SSSR count). The minimum atomic E-state index is -0.515. The molecule has 0 amide bonds. The van der Waals surface area contributed by atoms with E-state index in [2.05, 4.69) is 4.99 Å². The smallest absolute Gasteiger partial charge is 0.330 e. The third-order valence-corrected chi connectivity index (χ3v) is 3.23. The van der Waals surface area contributed by atoms with Gasteiger partial charge in [0.25, 0.3) is 0 Å². The van der Waals surface area contributed by atoms with Crippen LogP contribution in [-0.2, 0) is 16.0 Å². The number of hydrogen-bond acceptors (Lipinski definition) is 3. The monoisotopic (exact) mass is 281 g/mol. The predicted molar refractivity (Wildman–Crippen MR) is 84.7 cm³/mol. The van der Waals surface area contributed by atoms with Crippen LogP contribution < -0.4 is 0 Å². The molecule has 1 atom stereocenters. The van der Waals surface area contributed by atoms with Gasteiger partial charge in [0, 0.05) is 12.6 Å². The maximum Gasteiger partial charge on any atom is 0.330 e. The van der Waals surface area contributed by atoms with Crippen molar-refractivity contribution in [3.63, 3.8) is 0 Å². The molecule has 0 spiro atoms. The number of ether oxygens (including phenoxy) is 1. The van der Waals surface area contributed by atoms with Crippen molar-refractivity contribution < 1.29 is 9.53 Å². The second kappa shape index (κ2) is 7.39. The lowest BCUT2D eigenvalue weighted by Gasteiger charge is -2.10. The van der Waals surface area contributed by atoms with Gasteiger partial charge in [-0.05, 0) is 18.1 Å². The number of methoxy groups -OCH3 is 1. The van der Waals surface area contributed by atoms with Gasteiger partial charge >= 0.3 is 5.97 Å². The Morgan fingerprint density at radius 3 is 2.43 bits per heavy atom. The van der Waals surface area contributed by atoms with Crippen LogP contribution in [0, 0.1) is 6.92 Å². The van der Waals surface area contributed by atoms with E-state index in [-0.39, 0.29) is 5.97 Å². The molecule has 3 nitrogen and oxygen atoms in total. The zero-order valence-corrected chi connectivity index (χ0v) is 12.3. The van der Waals surface area contributed by atoms with Gasteiger partial charge in [-0.3, -0.25) is 4.99 Å². The summed E-state index contributed by atoms with van der Waals surface area (Å²) in [5.41, 5.74) is 3.23. The van der Waals surface area contributed by atoms with Crippen LogP contribution in [0.2, 0.25) is 0 Å². The third kappa shape index (κ3) is 4.56. The summed E-state index contributed by atoms with van der Waals surface area (Å²) < 4.78 is 4.84. The van der Waals surface area contributed by atoms with Gasteiger partial charge in [-0.15, -0.1) is 0 Å². The Labute approximate surface area is 125 Å². The van der Waals surface area contributed by atoms with E-state index in [4.69, 9.17) is 4.74 Å². The van der Waals surface area contributed by atoms with E-state index in [9.17, 15) is 4.79 Å². The van der Waals surface area contributed by atoms with Crippen LogP contribution in [0.5, 0.6) is 0 Å². The molecular formula is C18H19NO2. The lowest BCUT2D eigenvalue weighted by atomic mass is 10.1. The molecular weight excluding hydrogens is 262 g/mol. The van der Waals surface area contributed by atoms with Gasteiger partial charge in [-0.25, -0.2) is 4.79 Å². The number of aliphatic imine (C=N–C) groups is 1. The van der Waals surface area contributed by atoms with Crippen LogP contribution in [0.15, 0.2) is 59.6 Å². The van der Waals surface area contributed by atoms with Crippen LogP contribution in [-0.4, -0.2) is 25.3 Å². The van der Waals surface area contributed by atoms with Crippen LogP contribution in [0.25, 0.3) is 0 Å². The van der Waals surface area contributed by atoms with Crippen LogP contribution in [0.3, 0.4) is 0 Å². The standard InChI is InChI=1S/C18H19NO2/c1-14-8-10-16(11-9-14)13-19-17(18(20)21-2)12-15-6-4-3-5-7-15/h3-11,13,17H,12H2,1-2H3/t17-/m0/s1. The Morgan fingerprint density at radius 2 is 1.81 bits per heavy atom. The SMILES string of the molecule is COC(=O)[C@H](Cc1ccccc1)N=Cc1ccc(C)cc1. The fourth-order valence-corrected chi connectivity index (χ4v) is 2.00. The van der Waals surface area contributed by atoms with Crippen molar-refractivity contribution in [2.45, 2.75) is 19.4 Å². The number of nitrogens with zero attached hydrogens (tertiary/aromatic N) is 1. The number of carbonyl (C=O) groups is 1. The molecule has 0 N–H and O–H groups in total. The quantitative estimate of drug-likeness (QED) is 0.623. The Bertz CT molecular complexity index is 603. The van der Waals surface area contributed by atoms with Crippen molar-refractivity contribution in [1.29, 1.82) is 0 Å². The molecule has 0 saturated carbocycles. The molecule has 2 aromatic carbocycles. The van der Waals surface area contributed by atoms with Crippen molar-refractivity contribution in [1.82, 2.24) is 0 Å². The molecule has 108 valence electrons. The molecule has 0 bridgehead atoms. The zero-order chi connectivity index (χ0) is 15.1. The topological polar surface area (TPSA) is 38.7 Å². The second-order valence-corrected chi connectivity index (χ2v) is 4.92. The van der Waals surface area contributed by atoms with Gasteiger partial charge in [-0.2, -0.15) is 0 Å². The van der Waals surface area contributed by atoms with E-state index in [0.29, 0.717) is 6.42 Å². The first-order valence-corrected chi connectivity index (χ1v) is 6.90. The average Bonchev–Trinajstić information content (AvgIpc) is 2.53. The molecule has 2 aromatic rings. The fraction of sp³-hybridized carbons (Fsp3) is 0.222. The molecule has 0 fully saturated rings. The molecule has 0 aliphatic carbocycles. The second-order valence-electron chi connectivity index (χ2n) is 4.92. The lowest BCUT2D eigenvalue weighted by molar-refractivity contribution is -0.142. The Morgan fingerprint density at radius 1 is 1.14 bits per heavy atom. The van der Waals surface area contributed by atoms with Crippen LogP contribution in [0.4, 0.5) is 0 Å². The summed E-state index contributed by atoms with van der Waals surface area (Å²) in [6.45, 7) is 2.04. The van der Waals surface area contributed by atoms with E-state index in [1.165, 1.54) is 12.7 Å². The number of benzene rings is 2. The fourth-order valence-electron chi connectivity index (χ4n) is 2.00. The van der Waals surface area contributed by atoms with E-state index in [0.717, 1.165) is 11.1 Å². The van der Waals surface area contributed by atoms with Crippen molar-refractivity contribution in [2.24, 2.45) is 4.99 Å². The molecule has 0 aliphatic rings. The molecule has 0 unspecified atom stereocenters. The van der Waals surface area contributed by atoms with Gasteiger partial charge in [0.1, 0.15) is 0 Å². The van der Waals surface area contributed by atoms with Crippen molar-refractivity contribution in [2.75, 3.05) is 7.11 Å². The van der Waals surface area contributed by atoms with Gasteiger partial charge in [0.2, 0.25) is 0 Å². The van der Waals surface area contributed by atoms with Crippen LogP contribution >= 0.6 is 0 Å². The number of hydrogen-bond donors (Lipinski definition) is 0. The highest BCUT2D eigenvalue weighted by Crippen LogP contribution is 2.08. The lowest BCUT2D eigenvalue weighted by Crippen LogP contribution is -2.23. The Kier molecular flexibility index (Phi) is 5.27. The average molecular weight is 281 g/mol. The largest absolute Gasteiger partial charge is 0.467 e. The van der Waals surface area contributed by atoms with Crippen molar-refractivity contribution in [3.8, 4) is 0 Å². The van der Waals surface area contributed by atoms with E-state index in [1.54, 1.807) is 6.21 Å². The highest BCUT2D eigenvalue weighted by atomic mass is 16.5. The number of aryl methyl sites for hydroxylation is 1. The summed E-state index contributed by atoms with van der Waals surface area (Å²) in [6.07, 6.45) is 2.26. The molecule has 0 radical (unpaired) electrons. The summed E-state index contributed by atoms with van der Waals surface area (Å²) in [7, 11) is 1.39. The zero-order valence-electron chi connectivity index (χ0n) is 12.3. The molecule has 0 saturated heterocycles. The number of rotatable bonds is 5. The first-order chi connectivity index (χ1) is 10.2. The van der Waals surface area contributed by atoms with Crippen LogP contribution in [0.1, 0.15) is 16.7 Å². The maximum atomic E-state index is 11.9. The highest BCUT2D eigenvalue weighted by Gasteiger charge is 2.17. The third-order valence-electron chi connectivity index (χ3n) is 3.23. The summed E-state index contributed by atoms with van der Waals surface area (Å²) in [5.74, 6) is -0.317. The Balaban J connectivity index is 2.13. The highest BCUT2D eigenvalue weighted by molar-refractivity contribution is 5.84. The minimum absolute atomic E-state index is 0.317. The maximum absolute atomic E-state index is 11.9. The summed E-state index contributed by atoms with van der Waals surface area (Å²) in [6, 6.07) is 17.3. The molecule has 0 aliphatic heterocycles. The summed E-state index contributed by atoms with van der Waals surface area (Å²) in [5, 5.41) is 0. The van der Waals surface area contributed by atoms with E-state index >= 15 is 0 Å². The molecule has 3 heteroatoms. The van der Waals surface area contributed by atoms with Gasteiger partial charge < -0.3 is 4.74 Å². The number of carbonyl (C=O) groups excluding carboxylic acids is 1. The molecule has 0 aromatic heterocycles. The van der Waals surface area contributed by atoms with Gasteiger partial charge in [0.05, 0.1) is 7.11 Å². The van der Waals surface area contributed by atoms with E-state index in [1.807, 2.05) is 61.5 Å². The first kappa shape index (κ1) is 15.0. The number of esters is 1. The Hall–Kier alpha value is -2.42. The summed E-state index contributed by atoms with van der Waals surface area (Å²) >= 11 is 0. The predicted octanol–water partition coefficient (Wildman–Crippen LogP) is 3.20. The van der Waals surface area contributed by atoms with Gasteiger partial charge in [-0.1, -0.05) is 60.2 Å².